The maximum Gasteiger partial charge on any atom is 0.235 e. The minimum absolute atomic E-state index is 0.110. The zero-order valence-corrected chi connectivity index (χ0v) is 12.5. The lowest BCUT2D eigenvalue weighted by atomic mass is 10.1. The second-order valence-electron chi connectivity index (χ2n) is 5.48. The van der Waals surface area contributed by atoms with Crippen molar-refractivity contribution in [3.05, 3.63) is 0 Å². The van der Waals surface area contributed by atoms with Gasteiger partial charge in [0.05, 0.1) is 5.75 Å². The summed E-state index contributed by atoms with van der Waals surface area (Å²) in [6.07, 6.45) is 7.15. The van der Waals surface area contributed by atoms with Crippen molar-refractivity contribution in [1.29, 1.82) is 0 Å². The third-order valence-electron chi connectivity index (χ3n) is 3.56. The highest BCUT2D eigenvalue weighted by molar-refractivity contribution is 7.92. The number of carbonyl (C=O) groups excluding carboxylic acids is 1. The molecule has 3 N–H and O–H groups in total. The van der Waals surface area contributed by atoms with Crippen LogP contribution in [0.15, 0.2) is 0 Å². The molecule has 5 nitrogen and oxygen atoms in total. The summed E-state index contributed by atoms with van der Waals surface area (Å²) in [5, 5.41) is 2.85. The smallest absolute Gasteiger partial charge is 0.235 e. The first-order chi connectivity index (χ1) is 8.93. The van der Waals surface area contributed by atoms with E-state index in [1.165, 1.54) is 12.8 Å². The number of nitrogens with two attached hydrogens (primary N) is 1. The average molecular weight is 290 g/mol. The van der Waals surface area contributed by atoms with Gasteiger partial charge in [0, 0.05) is 12.1 Å². The third-order valence-corrected chi connectivity index (χ3v) is 5.20. The first-order valence-electron chi connectivity index (χ1n) is 7.18. The minimum Gasteiger partial charge on any atom is -0.352 e. The minimum atomic E-state index is -3.39. The molecule has 0 radical (unpaired) electrons. The first kappa shape index (κ1) is 16.4. The van der Waals surface area contributed by atoms with Crippen molar-refractivity contribution in [2.75, 3.05) is 11.5 Å². The Balaban J connectivity index is 2.41. The molecular weight excluding hydrogens is 264 g/mol. The molecule has 0 spiro atoms. The molecule has 0 heterocycles. The van der Waals surface area contributed by atoms with E-state index in [1.54, 1.807) is 0 Å². The van der Waals surface area contributed by atoms with Crippen LogP contribution in [0.2, 0.25) is 0 Å². The second-order valence-corrected chi connectivity index (χ2v) is 7.59. The van der Waals surface area contributed by atoms with Gasteiger partial charge in [-0.15, -0.1) is 0 Å². The van der Waals surface area contributed by atoms with E-state index >= 15 is 0 Å². The maximum absolute atomic E-state index is 11.8. The molecule has 1 aliphatic carbocycles. The number of nitrogens with one attached hydrogen (secondary N) is 1. The lowest BCUT2D eigenvalue weighted by Crippen LogP contribution is -2.40. The van der Waals surface area contributed by atoms with Gasteiger partial charge in [-0.25, -0.2) is 8.42 Å². The summed E-state index contributed by atoms with van der Waals surface area (Å²) in [6, 6.07) is -0.235. The van der Waals surface area contributed by atoms with E-state index in [-0.39, 0.29) is 23.7 Å². The highest BCUT2D eigenvalue weighted by atomic mass is 32.2. The van der Waals surface area contributed by atoms with E-state index in [2.05, 4.69) is 5.32 Å². The molecule has 0 aromatic carbocycles. The van der Waals surface area contributed by atoms with Crippen molar-refractivity contribution >= 4 is 15.7 Å². The zero-order valence-electron chi connectivity index (χ0n) is 11.7. The van der Waals surface area contributed by atoms with Crippen molar-refractivity contribution in [2.45, 2.75) is 64.0 Å². The van der Waals surface area contributed by atoms with Gasteiger partial charge < -0.3 is 11.1 Å². The standard InChI is InChI=1S/C13H26N2O3S/c1-2-11(14)9-19(17,18)10-13(16)15-12-7-5-3-4-6-8-12/h11-12H,2-10,14H2,1H3,(H,15,16). The van der Waals surface area contributed by atoms with E-state index in [0.29, 0.717) is 6.42 Å². The Morgan fingerprint density at radius 1 is 1.26 bits per heavy atom. The van der Waals surface area contributed by atoms with Crippen molar-refractivity contribution in [3.63, 3.8) is 0 Å². The van der Waals surface area contributed by atoms with E-state index in [9.17, 15) is 13.2 Å². The Bertz CT molecular complexity index is 373. The zero-order chi connectivity index (χ0) is 14.3. The molecule has 1 fully saturated rings. The molecule has 19 heavy (non-hydrogen) atoms. The summed E-state index contributed by atoms with van der Waals surface area (Å²) in [4.78, 5) is 11.8. The molecule has 0 bridgehead atoms. The monoisotopic (exact) mass is 290 g/mol. The number of amides is 1. The fourth-order valence-corrected chi connectivity index (χ4v) is 3.88. The van der Waals surface area contributed by atoms with Crippen molar-refractivity contribution < 1.29 is 13.2 Å². The van der Waals surface area contributed by atoms with E-state index in [0.717, 1.165) is 25.7 Å². The predicted molar refractivity (Wildman–Crippen MR) is 76.6 cm³/mol. The van der Waals surface area contributed by atoms with Gasteiger partial charge in [-0.2, -0.15) is 0 Å². The van der Waals surface area contributed by atoms with E-state index < -0.39 is 15.6 Å². The molecule has 1 aliphatic rings. The molecule has 0 aromatic rings. The summed E-state index contributed by atoms with van der Waals surface area (Å²) in [5.41, 5.74) is 5.63. The summed E-state index contributed by atoms with van der Waals surface area (Å²) in [7, 11) is -3.39. The van der Waals surface area contributed by atoms with Crippen molar-refractivity contribution in [1.82, 2.24) is 5.32 Å². The van der Waals surface area contributed by atoms with E-state index in [4.69, 9.17) is 5.73 Å². The lowest BCUT2D eigenvalue weighted by molar-refractivity contribution is -0.119. The number of hydrogen-bond acceptors (Lipinski definition) is 4. The van der Waals surface area contributed by atoms with Gasteiger partial charge in [0.2, 0.25) is 5.91 Å². The molecule has 1 unspecified atom stereocenters. The molecule has 1 saturated carbocycles. The summed E-state index contributed by atoms with van der Waals surface area (Å²) >= 11 is 0. The molecule has 1 atom stereocenters. The molecule has 1 amide bonds. The van der Waals surface area contributed by atoms with Crippen LogP contribution < -0.4 is 11.1 Å². The van der Waals surface area contributed by atoms with Crippen LogP contribution in [0.5, 0.6) is 0 Å². The fraction of sp³-hybridized carbons (Fsp3) is 0.923. The third kappa shape index (κ3) is 6.92. The van der Waals surface area contributed by atoms with Gasteiger partial charge >= 0.3 is 0 Å². The quantitative estimate of drug-likeness (QED) is 0.714. The Morgan fingerprint density at radius 3 is 2.37 bits per heavy atom. The predicted octanol–water partition coefficient (Wildman–Crippen LogP) is 0.978. The Labute approximate surface area is 116 Å². The normalized spacial score (nSPS) is 19.7. The fourth-order valence-electron chi connectivity index (χ4n) is 2.40. The topological polar surface area (TPSA) is 89.3 Å². The summed E-state index contributed by atoms with van der Waals surface area (Å²) < 4.78 is 23.6. The molecule has 1 rings (SSSR count). The van der Waals surface area contributed by atoms with Gasteiger partial charge in [0.15, 0.2) is 9.84 Å². The number of sulfone groups is 1. The van der Waals surface area contributed by atoms with Gasteiger partial charge in [0.25, 0.3) is 0 Å². The van der Waals surface area contributed by atoms with Gasteiger partial charge in [-0.1, -0.05) is 32.6 Å². The Hall–Kier alpha value is -0.620. The highest BCUT2D eigenvalue weighted by Gasteiger charge is 2.22. The van der Waals surface area contributed by atoms with Crippen LogP contribution in [0.25, 0.3) is 0 Å². The maximum atomic E-state index is 11.8. The number of rotatable bonds is 6. The van der Waals surface area contributed by atoms with E-state index in [1.807, 2.05) is 6.92 Å². The van der Waals surface area contributed by atoms with Crippen LogP contribution in [-0.2, 0) is 14.6 Å². The molecule has 0 saturated heterocycles. The Kier molecular flexibility index (Phi) is 6.79. The van der Waals surface area contributed by atoms with Crippen LogP contribution in [0.4, 0.5) is 0 Å². The SMILES string of the molecule is CCC(N)CS(=O)(=O)CC(=O)NC1CCCCCC1. The van der Waals surface area contributed by atoms with Crippen LogP contribution in [0, 0.1) is 0 Å². The summed E-state index contributed by atoms with van der Waals surface area (Å²) in [6.45, 7) is 1.84. The van der Waals surface area contributed by atoms with Crippen LogP contribution in [0.1, 0.15) is 51.9 Å². The first-order valence-corrected chi connectivity index (χ1v) is 9.00. The van der Waals surface area contributed by atoms with Crippen molar-refractivity contribution in [2.24, 2.45) is 5.73 Å². The molecule has 0 aromatic heterocycles. The second kappa shape index (κ2) is 7.85. The number of hydrogen-bond donors (Lipinski definition) is 2. The molecule has 6 heteroatoms. The highest BCUT2D eigenvalue weighted by Crippen LogP contribution is 2.17. The van der Waals surface area contributed by atoms with Gasteiger partial charge in [-0.05, 0) is 19.3 Å². The summed E-state index contributed by atoms with van der Waals surface area (Å²) in [5.74, 6) is -0.922. The van der Waals surface area contributed by atoms with Crippen LogP contribution >= 0.6 is 0 Å². The van der Waals surface area contributed by atoms with Crippen molar-refractivity contribution in [3.8, 4) is 0 Å². The van der Waals surface area contributed by atoms with Gasteiger partial charge in [-0.3, -0.25) is 4.79 Å². The molecule has 112 valence electrons. The van der Waals surface area contributed by atoms with Crippen LogP contribution in [-0.4, -0.2) is 37.9 Å². The lowest BCUT2D eigenvalue weighted by Gasteiger charge is -2.16. The average Bonchev–Trinajstić information content (AvgIpc) is 2.55. The van der Waals surface area contributed by atoms with Crippen LogP contribution in [0.3, 0.4) is 0 Å². The Morgan fingerprint density at radius 2 is 1.84 bits per heavy atom. The molecular formula is C13H26N2O3S. The number of carbonyl (C=O) groups is 1. The largest absolute Gasteiger partial charge is 0.352 e. The molecule has 0 aliphatic heterocycles. The van der Waals surface area contributed by atoms with Gasteiger partial charge in [0.1, 0.15) is 5.75 Å².